The largest absolute Gasteiger partial charge is 0.479 e. The fourth-order valence-corrected chi connectivity index (χ4v) is 0.326. The van der Waals surface area contributed by atoms with Crippen LogP contribution < -0.4 is 0 Å². The van der Waals surface area contributed by atoms with Gasteiger partial charge in [-0.25, -0.2) is 9.78 Å². The lowest BCUT2D eigenvalue weighted by atomic mass is 10.4. The van der Waals surface area contributed by atoms with Gasteiger partial charge in [0.25, 0.3) is 0 Å². The van der Waals surface area contributed by atoms with Gasteiger partial charge in [-0.05, 0) is 6.92 Å². The van der Waals surface area contributed by atoms with Gasteiger partial charge >= 0.3 is 5.97 Å². The maximum absolute atomic E-state index is 9.45. The lowest BCUT2D eigenvalue weighted by molar-refractivity contribution is -0.145. The van der Waals surface area contributed by atoms with Gasteiger partial charge in [0.05, 0.1) is 6.33 Å². The van der Waals surface area contributed by atoms with E-state index in [1.807, 2.05) is 17.8 Å². The number of hydrogen-bond donors (Lipinski definition) is 2. The van der Waals surface area contributed by atoms with Crippen LogP contribution in [0.5, 0.6) is 0 Å². The van der Waals surface area contributed by atoms with Crippen LogP contribution in [0.2, 0.25) is 0 Å². The summed E-state index contributed by atoms with van der Waals surface area (Å²) in [7, 11) is 1.94. The minimum Gasteiger partial charge on any atom is -0.479 e. The molecule has 1 atom stereocenters. The summed E-state index contributed by atoms with van der Waals surface area (Å²) in [6.45, 7) is 1.20. The summed E-state index contributed by atoms with van der Waals surface area (Å²) < 4.78 is 1.89. The van der Waals surface area contributed by atoms with E-state index in [-0.39, 0.29) is 0 Å². The molecule has 0 fully saturated rings. The van der Waals surface area contributed by atoms with Crippen molar-refractivity contribution in [3.8, 4) is 0 Å². The molecular formula is C7H12N2O3. The van der Waals surface area contributed by atoms with Gasteiger partial charge in [0, 0.05) is 19.4 Å². The number of nitrogens with zero attached hydrogens (tertiary/aromatic N) is 2. The van der Waals surface area contributed by atoms with Crippen LogP contribution in [-0.4, -0.2) is 31.8 Å². The topological polar surface area (TPSA) is 75.3 Å². The van der Waals surface area contributed by atoms with Crippen LogP contribution in [0.15, 0.2) is 18.7 Å². The molecule has 0 radical (unpaired) electrons. The molecule has 0 spiro atoms. The van der Waals surface area contributed by atoms with Gasteiger partial charge in [-0.2, -0.15) is 0 Å². The fraction of sp³-hybridized carbons (Fsp3) is 0.429. The predicted molar refractivity (Wildman–Crippen MR) is 42.5 cm³/mol. The van der Waals surface area contributed by atoms with E-state index in [4.69, 9.17) is 10.2 Å². The Morgan fingerprint density at radius 3 is 2.25 bits per heavy atom. The molecule has 0 aliphatic heterocycles. The van der Waals surface area contributed by atoms with Gasteiger partial charge in [-0.3, -0.25) is 0 Å². The van der Waals surface area contributed by atoms with Crippen LogP contribution in [0.25, 0.3) is 0 Å². The molecule has 0 saturated carbocycles. The molecular weight excluding hydrogens is 160 g/mol. The van der Waals surface area contributed by atoms with Gasteiger partial charge in [-0.15, -0.1) is 0 Å². The zero-order valence-corrected chi connectivity index (χ0v) is 7.01. The molecule has 1 rings (SSSR count). The van der Waals surface area contributed by atoms with Crippen molar-refractivity contribution >= 4 is 5.97 Å². The molecule has 5 heteroatoms. The molecule has 0 saturated heterocycles. The summed E-state index contributed by atoms with van der Waals surface area (Å²) >= 11 is 0. The van der Waals surface area contributed by atoms with Crippen molar-refractivity contribution in [2.24, 2.45) is 7.05 Å². The average molecular weight is 172 g/mol. The van der Waals surface area contributed by atoms with Crippen molar-refractivity contribution < 1.29 is 15.0 Å². The van der Waals surface area contributed by atoms with Crippen LogP contribution in [0.4, 0.5) is 0 Å². The van der Waals surface area contributed by atoms with E-state index in [9.17, 15) is 4.79 Å². The van der Waals surface area contributed by atoms with E-state index in [0.717, 1.165) is 0 Å². The number of aryl methyl sites for hydroxylation is 1. The number of hydrogen-bond acceptors (Lipinski definition) is 3. The third-order valence-corrected chi connectivity index (χ3v) is 0.994. The number of aliphatic hydroxyl groups is 1. The first-order chi connectivity index (χ1) is 5.54. The Bertz CT molecular complexity index is 219. The number of rotatable bonds is 1. The van der Waals surface area contributed by atoms with E-state index < -0.39 is 12.1 Å². The van der Waals surface area contributed by atoms with Crippen LogP contribution in [0, 0.1) is 0 Å². The van der Waals surface area contributed by atoms with Gasteiger partial charge in [-0.1, -0.05) is 0 Å². The summed E-state index contributed by atoms with van der Waals surface area (Å²) in [5.74, 6) is -1.19. The van der Waals surface area contributed by atoms with Gasteiger partial charge in [0.1, 0.15) is 6.10 Å². The Hall–Kier alpha value is -1.36. The molecule has 68 valence electrons. The van der Waals surface area contributed by atoms with E-state index in [2.05, 4.69) is 4.98 Å². The minimum absolute atomic E-state index is 1.19. The molecule has 1 unspecified atom stereocenters. The Labute approximate surface area is 70.3 Å². The Morgan fingerprint density at radius 2 is 2.17 bits per heavy atom. The highest BCUT2D eigenvalue weighted by molar-refractivity contribution is 5.71. The molecule has 1 aromatic rings. The zero-order valence-electron chi connectivity index (χ0n) is 7.01. The van der Waals surface area contributed by atoms with Crippen LogP contribution >= 0.6 is 0 Å². The summed E-state index contributed by atoms with van der Waals surface area (Å²) in [6.07, 6.45) is 4.16. The smallest absolute Gasteiger partial charge is 0.332 e. The normalized spacial score (nSPS) is 11.2. The number of aliphatic hydroxyl groups excluding tert-OH is 1. The molecule has 0 aliphatic carbocycles. The fourth-order valence-electron chi connectivity index (χ4n) is 0.326. The molecule has 5 nitrogen and oxygen atoms in total. The quantitative estimate of drug-likeness (QED) is 0.618. The molecule has 0 aliphatic rings. The predicted octanol–water partition coefficient (Wildman–Crippen LogP) is -0.128. The SMILES string of the molecule is CC(O)C(=O)O.Cn1ccnc1. The van der Waals surface area contributed by atoms with Crippen molar-refractivity contribution in [3.05, 3.63) is 18.7 Å². The molecule has 2 N–H and O–H groups in total. The zero-order chi connectivity index (χ0) is 9.56. The summed E-state index contributed by atoms with van der Waals surface area (Å²) in [5.41, 5.74) is 0. The molecule has 0 aromatic carbocycles. The summed E-state index contributed by atoms with van der Waals surface area (Å²) in [5, 5.41) is 15.8. The number of carboxylic acids is 1. The number of aliphatic carboxylic acids is 1. The first kappa shape index (κ1) is 10.6. The maximum Gasteiger partial charge on any atom is 0.332 e. The second-order valence-electron chi connectivity index (χ2n) is 2.24. The number of carboxylic acid groups (broad SMARTS) is 1. The van der Waals surface area contributed by atoms with Crippen LogP contribution in [0.1, 0.15) is 6.92 Å². The average Bonchev–Trinajstić information content (AvgIpc) is 2.40. The third-order valence-electron chi connectivity index (χ3n) is 0.994. The third kappa shape index (κ3) is 5.43. The van der Waals surface area contributed by atoms with Crippen LogP contribution in [0.3, 0.4) is 0 Å². The first-order valence-corrected chi connectivity index (χ1v) is 3.37. The van der Waals surface area contributed by atoms with Crippen molar-refractivity contribution in [1.29, 1.82) is 0 Å². The van der Waals surface area contributed by atoms with Crippen LogP contribution in [-0.2, 0) is 11.8 Å². The lowest BCUT2D eigenvalue weighted by Gasteiger charge is -1.89. The van der Waals surface area contributed by atoms with Crippen molar-refractivity contribution in [3.63, 3.8) is 0 Å². The Kier molecular flexibility index (Phi) is 4.71. The molecule has 1 aromatic heterocycles. The first-order valence-electron chi connectivity index (χ1n) is 3.37. The van der Waals surface area contributed by atoms with Crippen molar-refractivity contribution in [1.82, 2.24) is 9.55 Å². The van der Waals surface area contributed by atoms with Gasteiger partial charge in [0.2, 0.25) is 0 Å². The van der Waals surface area contributed by atoms with E-state index in [1.165, 1.54) is 6.92 Å². The molecule has 0 amide bonds. The van der Waals surface area contributed by atoms with E-state index in [0.29, 0.717) is 0 Å². The standard InChI is InChI=1S/C4H6N2.C3H6O3/c1-6-3-2-5-4-6;1-2(4)3(5)6/h2-4H,1H3;2,4H,1H3,(H,5,6). The highest BCUT2D eigenvalue weighted by Crippen LogP contribution is 1.73. The molecule has 0 bridgehead atoms. The monoisotopic (exact) mass is 172 g/mol. The van der Waals surface area contributed by atoms with Crippen molar-refractivity contribution in [2.45, 2.75) is 13.0 Å². The highest BCUT2D eigenvalue weighted by atomic mass is 16.4. The molecule has 1 heterocycles. The lowest BCUT2D eigenvalue weighted by Crippen LogP contribution is -2.13. The number of carbonyl (C=O) groups is 1. The Morgan fingerprint density at radius 1 is 1.67 bits per heavy atom. The Balaban J connectivity index is 0.000000202. The molecule has 12 heavy (non-hydrogen) atoms. The van der Waals surface area contributed by atoms with Gasteiger partial charge in [0.15, 0.2) is 0 Å². The van der Waals surface area contributed by atoms with Gasteiger partial charge < -0.3 is 14.8 Å². The maximum atomic E-state index is 9.45. The number of imidazole rings is 1. The highest BCUT2D eigenvalue weighted by Gasteiger charge is 2.01. The second kappa shape index (κ2) is 5.31. The van der Waals surface area contributed by atoms with Crippen molar-refractivity contribution in [2.75, 3.05) is 0 Å². The second-order valence-corrected chi connectivity index (χ2v) is 2.24. The minimum atomic E-state index is -1.23. The van der Waals surface area contributed by atoms with E-state index >= 15 is 0 Å². The van der Waals surface area contributed by atoms with E-state index in [1.54, 1.807) is 12.5 Å². The summed E-state index contributed by atoms with van der Waals surface area (Å²) in [6, 6.07) is 0. The number of aromatic nitrogens is 2. The summed E-state index contributed by atoms with van der Waals surface area (Å²) in [4.78, 5) is 13.2.